The quantitative estimate of drug-likeness (QED) is 0.581. The molecule has 0 bridgehead atoms. The number of nitro groups is 1. The lowest BCUT2D eigenvalue weighted by atomic mass is 10.0. The van der Waals surface area contributed by atoms with Crippen LogP contribution in [0.2, 0.25) is 0 Å². The fourth-order valence-electron chi connectivity index (χ4n) is 3.64. The molecular weight excluding hydrogens is 368 g/mol. The van der Waals surface area contributed by atoms with Gasteiger partial charge in [0.05, 0.1) is 22.4 Å². The summed E-state index contributed by atoms with van der Waals surface area (Å²) in [4.78, 5) is 49.9. The van der Waals surface area contributed by atoms with E-state index in [1.165, 1.54) is 27.3 Å². The van der Waals surface area contributed by atoms with Gasteiger partial charge in [-0.15, -0.1) is 0 Å². The van der Waals surface area contributed by atoms with Crippen LogP contribution in [0.1, 0.15) is 32.7 Å². The summed E-state index contributed by atoms with van der Waals surface area (Å²) in [5, 5.41) is 11.2. The molecule has 28 heavy (non-hydrogen) atoms. The van der Waals surface area contributed by atoms with Crippen molar-refractivity contribution in [3.05, 3.63) is 49.2 Å². The molecular formula is C18H22N4O6. The summed E-state index contributed by atoms with van der Waals surface area (Å²) in [6, 6.07) is 3.56. The first-order valence-corrected chi connectivity index (χ1v) is 9.24. The SMILES string of the molecule is CCOC(=O)N1CCC(n2c(=O)c3cc([N+](=O)[O-])ccc3n(CC)c2=O)CC1. The summed E-state index contributed by atoms with van der Waals surface area (Å²) in [5.74, 6) is 0. The molecule has 2 aromatic rings. The third-order valence-electron chi connectivity index (χ3n) is 5.04. The molecule has 1 aromatic carbocycles. The Hall–Kier alpha value is -3.17. The van der Waals surface area contributed by atoms with E-state index in [9.17, 15) is 24.5 Å². The Kier molecular flexibility index (Phi) is 5.48. The molecule has 0 unspecified atom stereocenters. The van der Waals surface area contributed by atoms with E-state index in [-0.39, 0.29) is 23.7 Å². The first-order valence-electron chi connectivity index (χ1n) is 9.24. The van der Waals surface area contributed by atoms with E-state index < -0.39 is 22.3 Å². The van der Waals surface area contributed by atoms with Gasteiger partial charge in [-0.05, 0) is 32.8 Å². The number of likely N-dealkylation sites (tertiary alicyclic amines) is 1. The lowest BCUT2D eigenvalue weighted by Gasteiger charge is -2.32. The van der Waals surface area contributed by atoms with Gasteiger partial charge in [0, 0.05) is 37.8 Å². The van der Waals surface area contributed by atoms with Crippen LogP contribution in [0.3, 0.4) is 0 Å². The van der Waals surface area contributed by atoms with Gasteiger partial charge in [0.15, 0.2) is 0 Å². The van der Waals surface area contributed by atoms with Crippen molar-refractivity contribution in [2.24, 2.45) is 0 Å². The summed E-state index contributed by atoms with van der Waals surface area (Å²) >= 11 is 0. The number of fused-ring (bicyclic) bond motifs is 1. The Labute approximate surface area is 160 Å². The third-order valence-corrected chi connectivity index (χ3v) is 5.04. The molecule has 3 rings (SSSR count). The van der Waals surface area contributed by atoms with Gasteiger partial charge in [-0.3, -0.25) is 24.0 Å². The molecule has 1 saturated heterocycles. The topological polar surface area (TPSA) is 117 Å². The number of ether oxygens (including phenoxy) is 1. The molecule has 1 aliphatic rings. The fourth-order valence-corrected chi connectivity index (χ4v) is 3.64. The van der Waals surface area contributed by atoms with Gasteiger partial charge in [0.1, 0.15) is 0 Å². The van der Waals surface area contributed by atoms with Crippen molar-refractivity contribution in [2.45, 2.75) is 39.3 Å². The van der Waals surface area contributed by atoms with E-state index in [0.717, 1.165) is 0 Å². The fraction of sp³-hybridized carbons (Fsp3) is 0.500. The number of non-ortho nitro benzene ring substituents is 1. The van der Waals surface area contributed by atoms with Crippen LogP contribution in [0.5, 0.6) is 0 Å². The second-order valence-electron chi connectivity index (χ2n) is 6.58. The Morgan fingerprint density at radius 2 is 1.93 bits per heavy atom. The van der Waals surface area contributed by atoms with Crippen molar-refractivity contribution in [3.8, 4) is 0 Å². The molecule has 150 valence electrons. The average Bonchev–Trinajstić information content (AvgIpc) is 2.69. The average molecular weight is 390 g/mol. The molecule has 1 amide bonds. The number of carbonyl (C=O) groups is 1. The Morgan fingerprint density at radius 1 is 1.25 bits per heavy atom. The van der Waals surface area contributed by atoms with E-state index in [2.05, 4.69) is 0 Å². The number of rotatable bonds is 4. The van der Waals surface area contributed by atoms with E-state index >= 15 is 0 Å². The van der Waals surface area contributed by atoms with Crippen molar-refractivity contribution < 1.29 is 14.5 Å². The number of nitro benzene ring substituents is 1. The molecule has 0 spiro atoms. The minimum Gasteiger partial charge on any atom is -0.450 e. The van der Waals surface area contributed by atoms with Crippen molar-refractivity contribution >= 4 is 22.7 Å². The third kappa shape index (κ3) is 3.37. The zero-order valence-corrected chi connectivity index (χ0v) is 15.8. The zero-order chi connectivity index (χ0) is 20.4. The van der Waals surface area contributed by atoms with Crippen LogP contribution in [0.15, 0.2) is 27.8 Å². The van der Waals surface area contributed by atoms with Gasteiger partial charge in [-0.2, -0.15) is 0 Å². The molecule has 10 nitrogen and oxygen atoms in total. The standard InChI is InChI=1S/C18H22N4O6/c1-3-20-15-6-5-13(22(26)27)11-14(15)16(23)21(17(20)24)12-7-9-19(10-8-12)18(25)28-4-2/h5-6,11-12H,3-4,7-10H2,1-2H3. The van der Waals surface area contributed by atoms with E-state index in [1.807, 2.05) is 0 Å². The first kappa shape index (κ1) is 19.6. The highest BCUT2D eigenvalue weighted by molar-refractivity contribution is 5.80. The van der Waals surface area contributed by atoms with Crippen molar-refractivity contribution in [2.75, 3.05) is 19.7 Å². The number of aromatic nitrogens is 2. The normalized spacial score (nSPS) is 15.0. The zero-order valence-electron chi connectivity index (χ0n) is 15.8. The number of carbonyl (C=O) groups excluding carboxylic acids is 1. The second-order valence-corrected chi connectivity index (χ2v) is 6.58. The number of amides is 1. The van der Waals surface area contributed by atoms with Gasteiger partial charge in [0.25, 0.3) is 11.2 Å². The predicted octanol–water partition coefficient (Wildman–Crippen LogP) is 1.88. The van der Waals surface area contributed by atoms with Gasteiger partial charge in [-0.1, -0.05) is 0 Å². The van der Waals surface area contributed by atoms with Gasteiger partial charge in [-0.25, -0.2) is 9.59 Å². The second kappa shape index (κ2) is 7.83. The smallest absolute Gasteiger partial charge is 0.409 e. The molecule has 1 aromatic heterocycles. The predicted molar refractivity (Wildman–Crippen MR) is 102 cm³/mol. The summed E-state index contributed by atoms with van der Waals surface area (Å²) in [5.41, 5.74) is -0.802. The highest BCUT2D eigenvalue weighted by Crippen LogP contribution is 2.22. The molecule has 0 radical (unpaired) electrons. The Balaban J connectivity index is 2.04. The van der Waals surface area contributed by atoms with Crippen LogP contribution >= 0.6 is 0 Å². The maximum absolute atomic E-state index is 13.0. The van der Waals surface area contributed by atoms with Crippen LogP contribution < -0.4 is 11.2 Å². The van der Waals surface area contributed by atoms with Gasteiger partial charge >= 0.3 is 11.8 Å². The molecule has 1 aliphatic heterocycles. The maximum Gasteiger partial charge on any atom is 0.409 e. The molecule has 0 N–H and O–H groups in total. The number of piperidine rings is 1. The number of benzene rings is 1. The number of nitrogens with zero attached hydrogens (tertiary/aromatic N) is 4. The lowest BCUT2D eigenvalue weighted by molar-refractivity contribution is -0.384. The van der Waals surface area contributed by atoms with Crippen LogP contribution in [0, 0.1) is 10.1 Å². The summed E-state index contributed by atoms with van der Waals surface area (Å²) in [6.07, 6.45) is 0.448. The summed E-state index contributed by atoms with van der Waals surface area (Å²) < 4.78 is 7.61. The van der Waals surface area contributed by atoms with Crippen LogP contribution in [0.4, 0.5) is 10.5 Å². The van der Waals surface area contributed by atoms with E-state index in [0.29, 0.717) is 38.0 Å². The molecule has 1 fully saturated rings. The Bertz CT molecular complexity index is 1030. The lowest BCUT2D eigenvalue weighted by Crippen LogP contribution is -2.47. The summed E-state index contributed by atoms with van der Waals surface area (Å²) in [7, 11) is 0. The summed E-state index contributed by atoms with van der Waals surface area (Å²) in [6.45, 7) is 4.85. The van der Waals surface area contributed by atoms with Crippen molar-refractivity contribution in [3.63, 3.8) is 0 Å². The van der Waals surface area contributed by atoms with Crippen molar-refractivity contribution in [1.82, 2.24) is 14.0 Å². The van der Waals surface area contributed by atoms with E-state index in [1.54, 1.807) is 18.7 Å². The van der Waals surface area contributed by atoms with Crippen LogP contribution in [-0.2, 0) is 11.3 Å². The minimum atomic E-state index is -0.567. The van der Waals surface area contributed by atoms with E-state index in [4.69, 9.17) is 4.74 Å². The van der Waals surface area contributed by atoms with Crippen molar-refractivity contribution in [1.29, 1.82) is 0 Å². The molecule has 0 atom stereocenters. The monoisotopic (exact) mass is 390 g/mol. The number of hydrogen-bond acceptors (Lipinski definition) is 6. The minimum absolute atomic E-state index is 0.142. The Morgan fingerprint density at radius 3 is 2.50 bits per heavy atom. The van der Waals surface area contributed by atoms with Crippen LogP contribution in [0.25, 0.3) is 10.9 Å². The van der Waals surface area contributed by atoms with Crippen LogP contribution in [-0.4, -0.2) is 44.7 Å². The molecule has 0 aliphatic carbocycles. The first-order chi connectivity index (χ1) is 13.4. The number of hydrogen-bond donors (Lipinski definition) is 0. The molecule has 0 saturated carbocycles. The highest BCUT2D eigenvalue weighted by Gasteiger charge is 2.28. The maximum atomic E-state index is 13.0. The largest absolute Gasteiger partial charge is 0.450 e. The van der Waals surface area contributed by atoms with Gasteiger partial charge in [0.2, 0.25) is 0 Å². The number of aryl methyl sites for hydroxylation is 1. The van der Waals surface area contributed by atoms with Gasteiger partial charge < -0.3 is 9.64 Å². The molecule has 10 heteroatoms. The highest BCUT2D eigenvalue weighted by atomic mass is 16.6. The molecule has 2 heterocycles.